The number of aliphatic carboxylic acids is 1. The SMILES string of the molecule is O=C(O)[C@H]1CCCN1Cc1cccc(OCCc2coc(-c3ccc(C(F)(F)F)cc3)n2)c1. The number of nitrogens with zero attached hydrogens (tertiary/aromatic N) is 2. The number of halogens is 3. The highest BCUT2D eigenvalue weighted by atomic mass is 19.4. The molecule has 2 heterocycles. The molecule has 1 aliphatic heterocycles. The molecule has 1 atom stereocenters. The Morgan fingerprint density at radius 2 is 2.00 bits per heavy atom. The predicted octanol–water partition coefficient (Wildman–Crippen LogP) is 5.03. The highest BCUT2D eigenvalue weighted by molar-refractivity contribution is 5.73. The fourth-order valence-corrected chi connectivity index (χ4v) is 3.89. The minimum Gasteiger partial charge on any atom is -0.493 e. The second-order valence-electron chi connectivity index (χ2n) is 7.93. The first-order valence-electron chi connectivity index (χ1n) is 10.6. The first-order chi connectivity index (χ1) is 15.8. The number of carbonyl (C=O) groups is 1. The van der Waals surface area contributed by atoms with Crippen LogP contribution in [0.3, 0.4) is 0 Å². The summed E-state index contributed by atoms with van der Waals surface area (Å²) in [5.74, 6) is 0.132. The molecule has 0 radical (unpaired) electrons. The number of aromatic nitrogens is 1. The molecular formula is C24H23F3N2O4. The number of benzene rings is 2. The monoisotopic (exact) mass is 460 g/mol. The summed E-state index contributed by atoms with van der Waals surface area (Å²) in [7, 11) is 0. The third-order valence-corrected chi connectivity index (χ3v) is 5.57. The van der Waals surface area contributed by atoms with Crippen LogP contribution in [-0.2, 0) is 23.9 Å². The van der Waals surface area contributed by atoms with E-state index < -0.39 is 23.8 Å². The van der Waals surface area contributed by atoms with Crippen LogP contribution < -0.4 is 4.74 Å². The van der Waals surface area contributed by atoms with Crippen LogP contribution in [0.25, 0.3) is 11.5 Å². The summed E-state index contributed by atoms with van der Waals surface area (Å²) in [6.45, 7) is 1.65. The molecule has 2 aromatic carbocycles. The lowest BCUT2D eigenvalue weighted by atomic mass is 10.1. The number of hydrogen-bond donors (Lipinski definition) is 1. The summed E-state index contributed by atoms with van der Waals surface area (Å²) < 4.78 is 49.3. The number of oxazole rings is 1. The maximum absolute atomic E-state index is 12.7. The number of carboxylic acids is 1. The van der Waals surface area contributed by atoms with E-state index in [1.165, 1.54) is 18.4 Å². The van der Waals surface area contributed by atoms with E-state index in [0.29, 0.717) is 43.0 Å². The van der Waals surface area contributed by atoms with Crippen molar-refractivity contribution < 1.29 is 32.2 Å². The minimum atomic E-state index is -4.39. The quantitative estimate of drug-likeness (QED) is 0.508. The number of rotatable bonds is 8. The van der Waals surface area contributed by atoms with Crippen LogP contribution in [0.2, 0.25) is 0 Å². The second kappa shape index (κ2) is 9.66. The van der Waals surface area contributed by atoms with Crippen molar-refractivity contribution in [2.75, 3.05) is 13.2 Å². The van der Waals surface area contributed by atoms with Gasteiger partial charge >= 0.3 is 12.1 Å². The lowest BCUT2D eigenvalue weighted by molar-refractivity contribution is -0.142. The molecule has 174 valence electrons. The first kappa shape index (κ1) is 22.8. The third-order valence-electron chi connectivity index (χ3n) is 5.57. The van der Waals surface area contributed by atoms with Crippen LogP contribution in [0.5, 0.6) is 5.75 Å². The van der Waals surface area contributed by atoms with E-state index in [1.807, 2.05) is 29.2 Å². The van der Waals surface area contributed by atoms with Gasteiger partial charge in [0.05, 0.1) is 17.9 Å². The molecule has 0 amide bonds. The number of likely N-dealkylation sites (tertiary alicyclic amines) is 1. The van der Waals surface area contributed by atoms with E-state index in [-0.39, 0.29) is 5.89 Å². The van der Waals surface area contributed by atoms with Crippen LogP contribution in [0.15, 0.2) is 59.2 Å². The van der Waals surface area contributed by atoms with Crippen molar-refractivity contribution in [1.82, 2.24) is 9.88 Å². The van der Waals surface area contributed by atoms with Crippen molar-refractivity contribution in [1.29, 1.82) is 0 Å². The Labute approximate surface area is 188 Å². The van der Waals surface area contributed by atoms with Crippen molar-refractivity contribution in [3.8, 4) is 17.2 Å². The Balaban J connectivity index is 1.31. The average Bonchev–Trinajstić information content (AvgIpc) is 3.43. The minimum absolute atomic E-state index is 0.249. The fraction of sp³-hybridized carbons (Fsp3) is 0.333. The molecule has 4 rings (SSSR count). The van der Waals surface area contributed by atoms with Gasteiger partial charge in [-0.1, -0.05) is 12.1 Å². The van der Waals surface area contributed by atoms with Crippen LogP contribution in [0.4, 0.5) is 13.2 Å². The van der Waals surface area contributed by atoms with Gasteiger partial charge in [-0.25, -0.2) is 4.98 Å². The largest absolute Gasteiger partial charge is 0.493 e. The predicted molar refractivity (Wildman–Crippen MR) is 114 cm³/mol. The van der Waals surface area contributed by atoms with Crippen LogP contribution in [-0.4, -0.2) is 40.2 Å². The highest BCUT2D eigenvalue weighted by Gasteiger charge is 2.31. The number of ether oxygens (including phenoxy) is 1. The molecule has 0 aliphatic carbocycles. The summed E-state index contributed by atoms with van der Waals surface area (Å²) in [5, 5.41) is 9.33. The van der Waals surface area contributed by atoms with E-state index in [9.17, 15) is 23.1 Å². The number of hydrogen-bond acceptors (Lipinski definition) is 5. The Bertz CT molecular complexity index is 1100. The Morgan fingerprint density at radius 1 is 1.21 bits per heavy atom. The highest BCUT2D eigenvalue weighted by Crippen LogP contribution is 2.31. The Morgan fingerprint density at radius 3 is 2.73 bits per heavy atom. The summed E-state index contributed by atoms with van der Waals surface area (Å²) >= 11 is 0. The van der Waals surface area contributed by atoms with Gasteiger partial charge in [0, 0.05) is 18.5 Å². The molecule has 1 saturated heterocycles. The second-order valence-corrected chi connectivity index (χ2v) is 7.93. The van der Waals surface area contributed by atoms with Gasteiger partial charge in [0.1, 0.15) is 18.1 Å². The molecule has 9 heteroatoms. The molecule has 0 spiro atoms. The van der Waals surface area contributed by atoms with Gasteiger partial charge in [-0.15, -0.1) is 0 Å². The molecule has 0 bridgehead atoms. The standard InChI is InChI=1S/C24H23F3N2O4/c25-24(26,27)18-8-6-17(7-9-18)22-28-19(15-33-22)10-12-32-20-4-1-3-16(13-20)14-29-11-2-5-21(29)23(30)31/h1,3-4,6-9,13,15,21H,2,5,10-12,14H2,(H,30,31)/t21-/m1/s1. The number of alkyl halides is 3. The summed E-state index contributed by atoms with van der Waals surface area (Å²) in [5.41, 5.74) is 1.34. The molecule has 6 nitrogen and oxygen atoms in total. The van der Waals surface area contributed by atoms with E-state index in [4.69, 9.17) is 9.15 Å². The van der Waals surface area contributed by atoms with Gasteiger partial charge in [-0.3, -0.25) is 9.69 Å². The van der Waals surface area contributed by atoms with Gasteiger partial charge < -0.3 is 14.3 Å². The molecular weight excluding hydrogens is 437 g/mol. The van der Waals surface area contributed by atoms with Gasteiger partial charge in [0.25, 0.3) is 0 Å². The molecule has 1 aromatic heterocycles. The fourth-order valence-electron chi connectivity index (χ4n) is 3.89. The summed E-state index contributed by atoms with van der Waals surface area (Å²) in [6, 6.07) is 11.7. The van der Waals surface area contributed by atoms with Crippen molar-refractivity contribution in [2.24, 2.45) is 0 Å². The zero-order valence-electron chi connectivity index (χ0n) is 17.7. The van der Waals surface area contributed by atoms with E-state index >= 15 is 0 Å². The lowest BCUT2D eigenvalue weighted by Gasteiger charge is -2.21. The summed E-state index contributed by atoms with van der Waals surface area (Å²) in [6.07, 6.45) is -0.924. The van der Waals surface area contributed by atoms with Crippen LogP contribution >= 0.6 is 0 Å². The zero-order chi connectivity index (χ0) is 23.4. The average molecular weight is 460 g/mol. The number of carboxylic acid groups (broad SMARTS) is 1. The molecule has 3 aromatic rings. The smallest absolute Gasteiger partial charge is 0.416 e. The molecule has 33 heavy (non-hydrogen) atoms. The molecule has 0 unspecified atom stereocenters. The van der Waals surface area contributed by atoms with Crippen LogP contribution in [0, 0.1) is 0 Å². The molecule has 1 aliphatic rings. The maximum atomic E-state index is 12.7. The Hall–Kier alpha value is -3.33. The molecule has 1 N–H and O–H groups in total. The van der Waals surface area contributed by atoms with Crippen molar-refractivity contribution in [3.05, 3.63) is 71.6 Å². The molecule has 1 fully saturated rings. The van der Waals surface area contributed by atoms with E-state index in [2.05, 4.69) is 4.98 Å². The van der Waals surface area contributed by atoms with Gasteiger partial charge in [-0.2, -0.15) is 13.2 Å². The third kappa shape index (κ3) is 5.73. The molecule has 0 saturated carbocycles. The topological polar surface area (TPSA) is 75.8 Å². The lowest BCUT2D eigenvalue weighted by Crippen LogP contribution is -2.35. The van der Waals surface area contributed by atoms with Gasteiger partial charge in [0.15, 0.2) is 0 Å². The normalized spacial score (nSPS) is 16.8. The zero-order valence-corrected chi connectivity index (χ0v) is 17.7. The first-order valence-corrected chi connectivity index (χ1v) is 10.6. The maximum Gasteiger partial charge on any atom is 0.416 e. The van der Waals surface area contributed by atoms with E-state index in [1.54, 1.807) is 0 Å². The van der Waals surface area contributed by atoms with E-state index in [0.717, 1.165) is 30.7 Å². The van der Waals surface area contributed by atoms with Crippen molar-refractivity contribution in [3.63, 3.8) is 0 Å². The van der Waals surface area contributed by atoms with Gasteiger partial charge in [-0.05, 0) is 61.3 Å². The van der Waals surface area contributed by atoms with Crippen molar-refractivity contribution in [2.45, 2.75) is 38.0 Å². The van der Waals surface area contributed by atoms with Crippen LogP contribution in [0.1, 0.15) is 29.7 Å². The summed E-state index contributed by atoms with van der Waals surface area (Å²) in [4.78, 5) is 17.6. The van der Waals surface area contributed by atoms with Crippen molar-refractivity contribution >= 4 is 5.97 Å². The Kier molecular flexibility index (Phi) is 6.69. The van der Waals surface area contributed by atoms with Gasteiger partial charge in [0.2, 0.25) is 5.89 Å².